The van der Waals surface area contributed by atoms with Crippen molar-refractivity contribution in [3.8, 4) is 16.9 Å². The summed E-state index contributed by atoms with van der Waals surface area (Å²) >= 11 is 0. The van der Waals surface area contributed by atoms with Gasteiger partial charge >= 0.3 is 0 Å². The molecule has 2 aromatic rings. The van der Waals surface area contributed by atoms with Crippen molar-refractivity contribution in [3.63, 3.8) is 0 Å². The SMILES string of the molecule is [c]1ccc(-c2ccccc2)cc1OC1CCNCC1. The molecule has 0 aliphatic carbocycles. The smallest absolute Gasteiger partial charge is 0.128 e. The van der Waals surface area contributed by atoms with Gasteiger partial charge in [0.05, 0.1) is 0 Å². The van der Waals surface area contributed by atoms with E-state index < -0.39 is 0 Å². The maximum absolute atomic E-state index is 6.02. The van der Waals surface area contributed by atoms with Gasteiger partial charge in [0.15, 0.2) is 0 Å². The molecule has 0 atom stereocenters. The zero-order valence-electron chi connectivity index (χ0n) is 10.9. The van der Waals surface area contributed by atoms with Crippen LogP contribution in [0.2, 0.25) is 0 Å². The summed E-state index contributed by atoms with van der Waals surface area (Å²) in [7, 11) is 0. The highest BCUT2D eigenvalue weighted by atomic mass is 16.5. The minimum absolute atomic E-state index is 0.323. The molecule has 97 valence electrons. The second-order valence-electron chi connectivity index (χ2n) is 4.87. The van der Waals surface area contributed by atoms with Gasteiger partial charge in [-0.2, -0.15) is 0 Å². The number of hydrogen-bond acceptors (Lipinski definition) is 2. The highest BCUT2D eigenvalue weighted by Crippen LogP contribution is 2.24. The van der Waals surface area contributed by atoms with Gasteiger partial charge in [0.25, 0.3) is 0 Å². The first-order chi connectivity index (χ1) is 9.42. The number of piperidine rings is 1. The minimum Gasteiger partial charge on any atom is -0.490 e. The van der Waals surface area contributed by atoms with Crippen LogP contribution < -0.4 is 10.1 Å². The Morgan fingerprint density at radius 1 is 1.00 bits per heavy atom. The fourth-order valence-corrected chi connectivity index (χ4v) is 2.42. The molecule has 1 N–H and O–H groups in total. The van der Waals surface area contributed by atoms with Crippen molar-refractivity contribution in [2.24, 2.45) is 0 Å². The standard InChI is InChI=1S/C17H18NO/c1-2-5-14(6-3-1)15-7-4-8-17(13-15)19-16-9-11-18-12-10-16/h1-7,13,16,18H,9-12H2. The Balaban J connectivity index is 1.76. The van der Waals surface area contributed by atoms with Gasteiger partial charge in [-0.05, 0) is 49.2 Å². The first-order valence-corrected chi connectivity index (χ1v) is 6.86. The van der Waals surface area contributed by atoms with Crippen LogP contribution in [0.15, 0.2) is 48.5 Å². The Morgan fingerprint density at radius 2 is 1.79 bits per heavy atom. The number of benzene rings is 2. The molecule has 1 radical (unpaired) electrons. The van der Waals surface area contributed by atoms with Gasteiger partial charge in [0, 0.05) is 6.07 Å². The van der Waals surface area contributed by atoms with Gasteiger partial charge in [-0.3, -0.25) is 0 Å². The van der Waals surface area contributed by atoms with Crippen molar-refractivity contribution in [2.45, 2.75) is 18.9 Å². The number of hydrogen-bond donors (Lipinski definition) is 1. The molecule has 1 aliphatic rings. The van der Waals surface area contributed by atoms with Crippen LogP contribution in [0.5, 0.6) is 5.75 Å². The van der Waals surface area contributed by atoms with Gasteiger partial charge in [-0.15, -0.1) is 0 Å². The molecule has 0 saturated carbocycles. The molecule has 0 unspecified atom stereocenters. The molecule has 1 aliphatic heterocycles. The van der Waals surface area contributed by atoms with E-state index in [1.807, 2.05) is 12.1 Å². The highest BCUT2D eigenvalue weighted by Gasteiger charge is 2.14. The van der Waals surface area contributed by atoms with Crippen molar-refractivity contribution < 1.29 is 4.74 Å². The van der Waals surface area contributed by atoms with Crippen LogP contribution in [0, 0.1) is 6.07 Å². The average molecular weight is 252 g/mol. The second kappa shape index (κ2) is 5.89. The van der Waals surface area contributed by atoms with Crippen molar-refractivity contribution in [1.82, 2.24) is 5.32 Å². The zero-order chi connectivity index (χ0) is 12.9. The topological polar surface area (TPSA) is 21.3 Å². The summed E-state index contributed by atoms with van der Waals surface area (Å²) in [5.74, 6) is 0.855. The monoisotopic (exact) mass is 252 g/mol. The van der Waals surface area contributed by atoms with Gasteiger partial charge in [-0.25, -0.2) is 0 Å². The van der Waals surface area contributed by atoms with Gasteiger partial charge in [-0.1, -0.05) is 36.4 Å². The number of nitrogens with one attached hydrogen (secondary N) is 1. The molecular formula is C17H18NO. The van der Waals surface area contributed by atoms with Crippen LogP contribution in [0.3, 0.4) is 0 Å². The maximum Gasteiger partial charge on any atom is 0.128 e. The third-order valence-corrected chi connectivity index (χ3v) is 3.46. The Morgan fingerprint density at radius 3 is 2.58 bits per heavy atom. The second-order valence-corrected chi connectivity index (χ2v) is 4.87. The summed E-state index contributed by atoms with van der Waals surface area (Å²) in [6.45, 7) is 2.09. The predicted molar refractivity (Wildman–Crippen MR) is 77.2 cm³/mol. The van der Waals surface area contributed by atoms with E-state index in [4.69, 9.17) is 4.74 Å². The maximum atomic E-state index is 6.02. The quantitative estimate of drug-likeness (QED) is 0.905. The van der Waals surface area contributed by atoms with Crippen molar-refractivity contribution in [1.29, 1.82) is 0 Å². The van der Waals surface area contributed by atoms with Gasteiger partial charge in [0.1, 0.15) is 11.9 Å². The lowest BCUT2D eigenvalue weighted by atomic mass is 10.1. The van der Waals surface area contributed by atoms with E-state index >= 15 is 0 Å². The Labute approximate surface area is 114 Å². The lowest BCUT2D eigenvalue weighted by molar-refractivity contribution is 0.162. The molecule has 1 heterocycles. The van der Waals surface area contributed by atoms with Crippen LogP contribution in [0.1, 0.15) is 12.8 Å². The van der Waals surface area contributed by atoms with Crippen molar-refractivity contribution in [2.75, 3.05) is 13.1 Å². The Kier molecular flexibility index (Phi) is 3.80. The number of rotatable bonds is 3. The minimum atomic E-state index is 0.323. The lowest BCUT2D eigenvalue weighted by Gasteiger charge is -2.23. The largest absolute Gasteiger partial charge is 0.490 e. The molecule has 19 heavy (non-hydrogen) atoms. The summed E-state index contributed by atoms with van der Waals surface area (Å²) in [4.78, 5) is 0. The van der Waals surface area contributed by atoms with Crippen LogP contribution in [-0.2, 0) is 0 Å². The first-order valence-electron chi connectivity index (χ1n) is 6.86. The number of ether oxygens (including phenoxy) is 1. The molecular weight excluding hydrogens is 234 g/mol. The molecule has 1 fully saturated rings. The lowest BCUT2D eigenvalue weighted by Crippen LogP contribution is -2.34. The Hall–Kier alpha value is -1.80. The van der Waals surface area contributed by atoms with Crippen LogP contribution in [-0.4, -0.2) is 19.2 Å². The Bertz CT molecular complexity index is 518. The van der Waals surface area contributed by atoms with E-state index in [9.17, 15) is 0 Å². The molecule has 2 nitrogen and oxygen atoms in total. The van der Waals surface area contributed by atoms with E-state index in [0.29, 0.717) is 6.10 Å². The van der Waals surface area contributed by atoms with Crippen LogP contribution in [0.25, 0.3) is 11.1 Å². The third kappa shape index (κ3) is 3.15. The molecule has 0 aromatic heterocycles. The fraction of sp³-hybridized carbons (Fsp3) is 0.294. The van der Waals surface area contributed by atoms with Crippen molar-refractivity contribution in [3.05, 3.63) is 54.6 Å². The third-order valence-electron chi connectivity index (χ3n) is 3.46. The molecule has 2 aromatic carbocycles. The molecule has 0 spiro atoms. The van der Waals surface area contributed by atoms with Gasteiger partial charge < -0.3 is 10.1 Å². The molecule has 3 rings (SSSR count). The van der Waals surface area contributed by atoms with E-state index in [0.717, 1.165) is 31.7 Å². The molecule has 0 amide bonds. The summed E-state index contributed by atoms with van der Waals surface area (Å²) in [5.41, 5.74) is 2.40. The fourth-order valence-electron chi connectivity index (χ4n) is 2.42. The van der Waals surface area contributed by atoms with E-state index in [-0.39, 0.29) is 0 Å². The molecule has 1 saturated heterocycles. The van der Waals surface area contributed by atoms with Crippen molar-refractivity contribution >= 4 is 0 Å². The first kappa shape index (κ1) is 12.2. The normalized spacial score (nSPS) is 16.2. The average Bonchev–Trinajstić information content (AvgIpc) is 2.49. The predicted octanol–water partition coefficient (Wildman–Crippen LogP) is 3.28. The van der Waals surface area contributed by atoms with E-state index in [1.54, 1.807) is 0 Å². The highest BCUT2D eigenvalue weighted by molar-refractivity contribution is 5.64. The van der Waals surface area contributed by atoms with Crippen LogP contribution in [0.4, 0.5) is 0 Å². The van der Waals surface area contributed by atoms with E-state index in [2.05, 4.69) is 47.8 Å². The molecule has 2 heteroatoms. The summed E-state index contributed by atoms with van der Waals surface area (Å²) in [6.07, 6.45) is 2.47. The summed E-state index contributed by atoms with van der Waals surface area (Å²) in [5, 5.41) is 3.35. The van der Waals surface area contributed by atoms with Crippen LogP contribution >= 0.6 is 0 Å². The zero-order valence-corrected chi connectivity index (χ0v) is 10.9. The summed E-state index contributed by atoms with van der Waals surface area (Å²) in [6, 6.07) is 19.7. The van der Waals surface area contributed by atoms with Gasteiger partial charge in [0.2, 0.25) is 0 Å². The van der Waals surface area contributed by atoms with E-state index in [1.165, 1.54) is 11.1 Å². The summed E-state index contributed by atoms with van der Waals surface area (Å²) < 4.78 is 6.02. The molecule has 0 bridgehead atoms.